The van der Waals surface area contributed by atoms with Gasteiger partial charge in [0.25, 0.3) is 0 Å². The molecular weight excluding hydrogens is 254 g/mol. The molecule has 4 heteroatoms. The molecule has 1 saturated heterocycles. The molecule has 2 rings (SSSR count). The molecule has 1 N–H and O–H groups in total. The van der Waals surface area contributed by atoms with Crippen molar-refractivity contribution in [2.24, 2.45) is 5.92 Å². The van der Waals surface area contributed by atoms with Gasteiger partial charge in [0.05, 0.1) is 5.01 Å². The van der Waals surface area contributed by atoms with Crippen LogP contribution in [-0.2, 0) is 13.0 Å². The monoisotopic (exact) mass is 281 g/mol. The highest BCUT2D eigenvalue weighted by Gasteiger charge is 2.23. The summed E-state index contributed by atoms with van der Waals surface area (Å²) in [5, 5.41) is 4.87. The zero-order valence-electron chi connectivity index (χ0n) is 12.5. The van der Waals surface area contributed by atoms with E-state index < -0.39 is 0 Å². The Morgan fingerprint density at radius 3 is 2.68 bits per heavy atom. The van der Waals surface area contributed by atoms with Crippen LogP contribution < -0.4 is 5.32 Å². The summed E-state index contributed by atoms with van der Waals surface area (Å²) in [6.07, 6.45) is 5.82. The molecule has 0 radical (unpaired) electrons. The SMILES string of the molecule is CCc1ncc(CNCC(C(C)C)N2CCCC2)s1. The first-order valence-corrected chi connectivity index (χ1v) is 8.40. The number of nitrogens with one attached hydrogen (secondary N) is 1. The Hall–Kier alpha value is -0.450. The zero-order valence-corrected chi connectivity index (χ0v) is 13.3. The van der Waals surface area contributed by atoms with Gasteiger partial charge in [0.2, 0.25) is 0 Å². The van der Waals surface area contributed by atoms with Crippen LogP contribution in [0.25, 0.3) is 0 Å². The topological polar surface area (TPSA) is 28.2 Å². The lowest BCUT2D eigenvalue weighted by Crippen LogP contribution is -2.43. The molecule has 1 aromatic rings. The molecular formula is C15H27N3S. The highest BCUT2D eigenvalue weighted by Crippen LogP contribution is 2.18. The van der Waals surface area contributed by atoms with Crippen LogP contribution >= 0.6 is 11.3 Å². The van der Waals surface area contributed by atoms with Gasteiger partial charge in [0, 0.05) is 30.2 Å². The molecule has 0 aliphatic carbocycles. The fourth-order valence-electron chi connectivity index (χ4n) is 2.80. The normalized spacial score (nSPS) is 18.3. The molecule has 19 heavy (non-hydrogen) atoms. The minimum absolute atomic E-state index is 0.682. The first-order valence-electron chi connectivity index (χ1n) is 7.59. The first-order chi connectivity index (χ1) is 9.20. The summed E-state index contributed by atoms with van der Waals surface area (Å²) in [5.41, 5.74) is 0. The van der Waals surface area contributed by atoms with Crippen molar-refractivity contribution in [3.63, 3.8) is 0 Å². The number of aryl methyl sites for hydroxylation is 1. The molecule has 2 heterocycles. The van der Waals surface area contributed by atoms with E-state index in [1.165, 1.54) is 35.8 Å². The summed E-state index contributed by atoms with van der Waals surface area (Å²) in [4.78, 5) is 8.43. The largest absolute Gasteiger partial charge is 0.310 e. The summed E-state index contributed by atoms with van der Waals surface area (Å²) in [6, 6.07) is 0.682. The molecule has 108 valence electrons. The maximum Gasteiger partial charge on any atom is 0.0925 e. The van der Waals surface area contributed by atoms with Gasteiger partial charge in [-0.25, -0.2) is 4.98 Å². The Labute approximate surface area is 121 Å². The highest BCUT2D eigenvalue weighted by molar-refractivity contribution is 7.11. The molecule has 3 nitrogen and oxygen atoms in total. The Balaban J connectivity index is 1.78. The maximum atomic E-state index is 4.41. The Morgan fingerprint density at radius 2 is 2.11 bits per heavy atom. The van der Waals surface area contributed by atoms with E-state index in [1.54, 1.807) is 0 Å². The van der Waals surface area contributed by atoms with Crippen molar-refractivity contribution in [1.82, 2.24) is 15.2 Å². The lowest BCUT2D eigenvalue weighted by atomic mass is 10.0. The molecule has 1 atom stereocenters. The number of aromatic nitrogens is 1. The second-order valence-corrected chi connectivity index (χ2v) is 6.96. The standard InChI is InChI=1S/C15H27N3S/c1-4-15-17-10-13(19-15)9-16-11-14(12(2)3)18-7-5-6-8-18/h10,12,14,16H,4-9,11H2,1-3H3. The molecule has 0 aromatic carbocycles. The van der Waals surface area contributed by atoms with Crippen molar-refractivity contribution in [2.45, 2.75) is 52.6 Å². The Morgan fingerprint density at radius 1 is 1.37 bits per heavy atom. The second kappa shape index (κ2) is 7.36. The van der Waals surface area contributed by atoms with E-state index >= 15 is 0 Å². The zero-order chi connectivity index (χ0) is 13.7. The van der Waals surface area contributed by atoms with Gasteiger partial charge < -0.3 is 5.32 Å². The van der Waals surface area contributed by atoms with Crippen LogP contribution in [0.1, 0.15) is 43.5 Å². The molecule has 1 aliphatic rings. The fraction of sp³-hybridized carbons (Fsp3) is 0.800. The van der Waals surface area contributed by atoms with Crippen LogP contribution in [0.15, 0.2) is 6.20 Å². The minimum Gasteiger partial charge on any atom is -0.310 e. The van der Waals surface area contributed by atoms with E-state index in [4.69, 9.17) is 0 Å². The number of nitrogens with zero attached hydrogens (tertiary/aromatic N) is 2. The third-order valence-electron chi connectivity index (χ3n) is 3.94. The molecule has 0 saturated carbocycles. The van der Waals surface area contributed by atoms with E-state index in [-0.39, 0.29) is 0 Å². The van der Waals surface area contributed by atoms with Gasteiger partial charge in [-0.05, 0) is 38.3 Å². The molecule has 0 spiro atoms. The van der Waals surface area contributed by atoms with E-state index in [9.17, 15) is 0 Å². The predicted molar refractivity (Wildman–Crippen MR) is 82.6 cm³/mol. The molecule has 1 unspecified atom stereocenters. The average Bonchev–Trinajstić information content (AvgIpc) is 3.05. The van der Waals surface area contributed by atoms with Crippen molar-refractivity contribution >= 4 is 11.3 Å². The number of hydrogen-bond donors (Lipinski definition) is 1. The van der Waals surface area contributed by atoms with Gasteiger partial charge >= 0.3 is 0 Å². The Bertz CT molecular complexity index is 369. The summed E-state index contributed by atoms with van der Waals surface area (Å²) >= 11 is 1.84. The van der Waals surface area contributed by atoms with Crippen molar-refractivity contribution in [3.8, 4) is 0 Å². The summed E-state index contributed by atoms with van der Waals surface area (Å²) in [7, 11) is 0. The lowest BCUT2D eigenvalue weighted by molar-refractivity contribution is 0.186. The molecule has 0 amide bonds. The van der Waals surface area contributed by atoms with Gasteiger partial charge in [-0.2, -0.15) is 0 Å². The van der Waals surface area contributed by atoms with Crippen molar-refractivity contribution in [2.75, 3.05) is 19.6 Å². The number of rotatable bonds is 7. The molecule has 1 aromatic heterocycles. The second-order valence-electron chi connectivity index (χ2n) is 5.76. The van der Waals surface area contributed by atoms with Gasteiger partial charge in [-0.1, -0.05) is 20.8 Å². The first kappa shape index (κ1) is 14.9. The molecule has 1 aliphatic heterocycles. The smallest absolute Gasteiger partial charge is 0.0925 e. The van der Waals surface area contributed by atoms with Gasteiger partial charge in [-0.3, -0.25) is 4.90 Å². The number of hydrogen-bond acceptors (Lipinski definition) is 4. The molecule has 0 bridgehead atoms. The van der Waals surface area contributed by atoms with E-state index in [0.717, 1.165) is 25.4 Å². The van der Waals surface area contributed by atoms with Crippen LogP contribution in [-0.4, -0.2) is 35.6 Å². The molecule has 1 fully saturated rings. The lowest BCUT2D eigenvalue weighted by Gasteiger charge is -2.31. The predicted octanol–water partition coefficient (Wildman–Crippen LogP) is 2.92. The number of likely N-dealkylation sites (tertiary alicyclic amines) is 1. The third-order valence-corrected chi connectivity index (χ3v) is 5.08. The van der Waals surface area contributed by atoms with Crippen LogP contribution in [0.5, 0.6) is 0 Å². The van der Waals surface area contributed by atoms with E-state index in [0.29, 0.717) is 6.04 Å². The summed E-state index contributed by atoms with van der Waals surface area (Å²) < 4.78 is 0. The van der Waals surface area contributed by atoms with Gasteiger partial charge in [0.1, 0.15) is 0 Å². The summed E-state index contributed by atoms with van der Waals surface area (Å²) in [6.45, 7) is 11.5. The van der Waals surface area contributed by atoms with Crippen molar-refractivity contribution < 1.29 is 0 Å². The van der Waals surface area contributed by atoms with Crippen molar-refractivity contribution in [1.29, 1.82) is 0 Å². The van der Waals surface area contributed by atoms with Gasteiger partial charge in [-0.15, -0.1) is 11.3 Å². The van der Waals surface area contributed by atoms with Gasteiger partial charge in [0.15, 0.2) is 0 Å². The van der Waals surface area contributed by atoms with Crippen LogP contribution in [0.3, 0.4) is 0 Å². The van der Waals surface area contributed by atoms with Crippen LogP contribution in [0.2, 0.25) is 0 Å². The van der Waals surface area contributed by atoms with Crippen molar-refractivity contribution in [3.05, 3.63) is 16.1 Å². The quantitative estimate of drug-likeness (QED) is 0.833. The minimum atomic E-state index is 0.682. The van der Waals surface area contributed by atoms with E-state index in [1.807, 2.05) is 17.5 Å². The van der Waals surface area contributed by atoms with Crippen LogP contribution in [0.4, 0.5) is 0 Å². The fourth-order valence-corrected chi connectivity index (χ4v) is 3.63. The number of thiazole rings is 1. The summed E-state index contributed by atoms with van der Waals surface area (Å²) in [5.74, 6) is 0.721. The third kappa shape index (κ3) is 4.26. The van der Waals surface area contributed by atoms with E-state index in [2.05, 4.69) is 36.0 Å². The maximum absolute atomic E-state index is 4.41. The highest BCUT2D eigenvalue weighted by atomic mass is 32.1. The van der Waals surface area contributed by atoms with Crippen LogP contribution in [0, 0.1) is 5.92 Å². The average molecular weight is 281 g/mol. The Kier molecular flexibility index (Phi) is 5.79.